The van der Waals surface area contributed by atoms with Crippen LogP contribution < -0.4 is 4.65 Å². The smallest absolute Gasteiger partial charge is 0.537 e. The van der Waals surface area contributed by atoms with Crippen LogP contribution in [0.5, 0.6) is 5.75 Å². The number of nitrogens with zero attached hydrogens (tertiary/aromatic N) is 3. The van der Waals surface area contributed by atoms with Gasteiger partial charge in [0.1, 0.15) is 50.4 Å². The Hall–Kier alpha value is -12.3. The molecule has 0 aliphatic rings. The fourth-order valence-corrected chi connectivity index (χ4v) is 16.1. The summed E-state index contributed by atoms with van der Waals surface area (Å²) in [6.07, 6.45) is 0. The molecule has 1 N–H and O–H groups in total. The van der Waals surface area contributed by atoms with Crippen LogP contribution in [0, 0.1) is 0 Å². The Balaban J connectivity index is 0.000000137. The van der Waals surface area contributed by atoms with Crippen molar-refractivity contribution >= 4 is 193 Å². The molecule has 104 heavy (non-hydrogen) atoms. The molecule has 0 spiro atoms. The van der Waals surface area contributed by atoms with Gasteiger partial charge in [-0.2, -0.15) is 0 Å². The van der Waals surface area contributed by atoms with Gasteiger partial charge in [-0.05, 0) is 204 Å². The number of fused-ring (bicyclic) bond motifs is 21. The van der Waals surface area contributed by atoms with Gasteiger partial charge in [-0.25, -0.2) is 0 Å². The molecule has 0 saturated heterocycles. The molecule has 0 amide bonds. The van der Waals surface area contributed by atoms with E-state index in [0.29, 0.717) is 13.4 Å². The fraction of sp³-hybridized carbons (Fsp3) is 0.0217. The first kappa shape index (κ1) is 63.8. The quantitative estimate of drug-likeness (QED) is 0.160. The molecule has 0 atom stereocenters. The summed E-state index contributed by atoms with van der Waals surface area (Å²) in [5.74, 6) is 0.617. The van der Waals surface area contributed by atoms with Gasteiger partial charge in [-0.15, -0.1) is 0 Å². The first-order chi connectivity index (χ1) is 50.3. The summed E-state index contributed by atoms with van der Waals surface area (Å²) in [5.41, 5.74) is 22.1. The van der Waals surface area contributed by atoms with Gasteiger partial charge >= 0.3 is 7.69 Å². The zero-order valence-electron chi connectivity index (χ0n) is 54.2. The van der Waals surface area contributed by atoms with Crippen molar-refractivity contribution in [3.8, 4) is 45.1 Å². The van der Waals surface area contributed by atoms with Gasteiger partial charge in [0.25, 0.3) is 0 Å². The standard InChI is InChI=1S/C54H32N2O2.C18H13BNO2.C18H8Br2O2.2CH4/c1-3-11-37(12-4-1)55-47-17-9-7-15-39(47)41-27-33(19-23-49(41)55)35-21-25-51-43(29-35)45-31-54-46(32-53(45)57-51)44-30-36(22-26-52(44)58-54)34-20-24-50-42(28-34)40-16-8-10-18-48(40)56(50)38-13-5-2-6-14-38;21-19-22-14-10-11-18-16(12-14)15-8-4-5-9-17(15)20(18)13-6-2-1-3-7-13;19-9-1-3-15-11(5-9)13-7-18-14(8-17(13)21-15)12-6-10(20)2-4-16(12)22-18;;/h1-32H;1-12,21H;1-8H;2*1H4. The maximum Gasteiger partial charge on any atom is 0.569 e. The third-order valence-corrected chi connectivity index (χ3v) is 20.9. The minimum Gasteiger partial charge on any atom is -0.537 e. The number of rotatable bonds is 7. The maximum absolute atomic E-state index is 8.84. The van der Waals surface area contributed by atoms with E-state index in [-0.39, 0.29) is 14.9 Å². The van der Waals surface area contributed by atoms with Gasteiger partial charge in [0.2, 0.25) is 0 Å². The van der Waals surface area contributed by atoms with Crippen molar-refractivity contribution in [3.63, 3.8) is 0 Å². The summed E-state index contributed by atoms with van der Waals surface area (Å²) in [6, 6.07) is 110. The first-order valence-electron chi connectivity index (χ1n) is 33.7. The SMILES string of the molecule is Brc1ccc2oc3cc4c(cc3c2c1)oc1ccc(Br)cc14.C.C.O[B]Oc1ccc2c(c1)c1ccccc1n2-c1ccccc1.c1ccc(-n2c3ccccc3c3cc(-c4ccc5oc6cc7c(cc6c5c4)oc4ccc(-c5ccc6c(c5)c5ccccc5n6-c5ccccc5)cc47)ccc32)cc1. The van der Waals surface area contributed by atoms with Gasteiger partial charge in [0.15, 0.2) is 0 Å². The van der Waals surface area contributed by atoms with Crippen LogP contribution in [0.3, 0.4) is 0 Å². The van der Waals surface area contributed by atoms with Crippen molar-refractivity contribution in [1.82, 2.24) is 13.7 Å². The zero-order valence-corrected chi connectivity index (χ0v) is 57.4. The predicted octanol–water partition coefficient (Wildman–Crippen LogP) is 27.0. The van der Waals surface area contributed by atoms with Crippen LogP contribution in [0.4, 0.5) is 0 Å². The van der Waals surface area contributed by atoms with Gasteiger partial charge in [0, 0.05) is 101 Å². The summed E-state index contributed by atoms with van der Waals surface area (Å²) in [7, 11) is 0.706. The second-order valence-electron chi connectivity index (χ2n) is 25.7. The molecular formula is C92H61BBr2N3O6. The van der Waals surface area contributed by atoms with Crippen molar-refractivity contribution in [2.75, 3.05) is 0 Å². The van der Waals surface area contributed by atoms with Crippen molar-refractivity contribution in [1.29, 1.82) is 0 Å². The van der Waals surface area contributed by atoms with Crippen molar-refractivity contribution < 1.29 is 27.3 Å². The van der Waals surface area contributed by atoms with E-state index in [1.807, 2.05) is 72.8 Å². The number of hydrogen-bond donors (Lipinski definition) is 1. The number of aromatic nitrogens is 3. The average molecular weight is 1480 g/mol. The van der Waals surface area contributed by atoms with Crippen LogP contribution in [-0.2, 0) is 0 Å². The highest BCUT2D eigenvalue weighted by Gasteiger charge is 2.21. The molecule has 1 radical (unpaired) electrons. The van der Waals surface area contributed by atoms with Crippen molar-refractivity contribution in [3.05, 3.63) is 324 Å². The summed E-state index contributed by atoms with van der Waals surface area (Å²) < 4.78 is 39.2. The highest BCUT2D eigenvalue weighted by atomic mass is 79.9. The average Bonchev–Trinajstić information content (AvgIpc) is 1.56. The summed E-state index contributed by atoms with van der Waals surface area (Å²) in [6.45, 7) is 0. The highest BCUT2D eigenvalue weighted by Crippen LogP contribution is 2.44. The Labute approximate surface area is 613 Å². The normalized spacial score (nSPS) is 11.6. The molecule has 497 valence electrons. The molecule has 12 heteroatoms. The molecule has 0 fully saturated rings. The molecule has 22 aromatic rings. The van der Waals surface area contributed by atoms with Crippen molar-refractivity contribution in [2.24, 2.45) is 0 Å². The summed E-state index contributed by atoms with van der Waals surface area (Å²) in [4.78, 5) is 0. The van der Waals surface area contributed by atoms with Crippen LogP contribution in [0.25, 0.3) is 192 Å². The molecule has 0 unspecified atom stereocenters. The third-order valence-electron chi connectivity index (χ3n) is 19.9. The van der Waals surface area contributed by atoms with Gasteiger partial charge < -0.3 is 41.0 Å². The van der Waals surface area contributed by atoms with Gasteiger partial charge in [-0.1, -0.05) is 180 Å². The molecule has 9 nitrogen and oxygen atoms in total. The largest absolute Gasteiger partial charge is 0.569 e. The fourth-order valence-electron chi connectivity index (χ4n) is 15.4. The lowest BCUT2D eigenvalue weighted by Crippen LogP contribution is -1.99. The topological polar surface area (TPSA) is 96.8 Å². The van der Waals surface area contributed by atoms with E-state index in [1.54, 1.807) is 0 Å². The molecule has 7 aromatic heterocycles. The first-order valence-corrected chi connectivity index (χ1v) is 35.2. The van der Waals surface area contributed by atoms with Crippen molar-refractivity contribution in [2.45, 2.75) is 14.9 Å². The number of furan rings is 4. The lowest BCUT2D eigenvalue weighted by molar-refractivity contribution is 0.454. The van der Waals surface area contributed by atoms with Crippen LogP contribution in [-0.4, -0.2) is 26.4 Å². The van der Waals surface area contributed by atoms with E-state index in [9.17, 15) is 0 Å². The monoisotopic (exact) mass is 1470 g/mol. The molecule has 7 heterocycles. The third kappa shape index (κ3) is 10.5. The lowest BCUT2D eigenvalue weighted by Gasteiger charge is -2.08. The van der Waals surface area contributed by atoms with Crippen LogP contribution in [0.2, 0.25) is 0 Å². The molecule has 22 rings (SSSR count). The Kier molecular flexibility index (Phi) is 15.7. The Bertz CT molecular complexity index is 6780. The molecule has 0 aliphatic carbocycles. The minimum absolute atomic E-state index is 0. The molecule has 0 bridgehead atoms. The molecular weight excluding hydrogens is 1410 g/mol. The second kappa shape index (κ2) is 25.6. The second-order valence-corrected chi connectivity index (χ2v) is 27.6. The Morgan fingerprint density at radius 1 is 0.240 bits per heavy atom. The zero-order chi connectivity index (χ0) is 67.7. The van der Waals surface area contributed by atoms with E-state index in [4.69, 9.17) is 27.3 Å². The van der Waals surface area contributed by atoms with Crippen LogP contribution in [0.1, 0.15) is 14.9 Å². The van der Waals surface area contributed by atoms with E-state index < -0.39 is 0 Å². The van der Waals surface area contributed by atoms with E-state index >= 15 is 0 Å². The Morgan fingerprint density at radius 3 is 0.865 bits per heavy atom. The minimum atomic E-state index is 0. The molecule has 0 aliphatic heterocycles. The van der Waals surface area contributed by atoms with E-state index in [0.717, 1.165) is 147 Å². The number of hydrogen-bond acceptors (Lipinski definition) is 6. The van der Waals surface area contributed by atoms with E-state index in [2.05, 4.69) is 288 Å². The Morgan fingerprint density at radius 2 is 0.510 bits per heavy atom. The number of benzene rings is 15. The summed E-state index contributed by atoms with van der Waals surface area (Å²) >= 11 is 7.04. The lowest BCUT2D eigenvalue weighted by atomic mass is 9.99. The summed E-state index contributed by atoms with van der Waals surface area (Å²) in [5, 5.41) is 24.6. The van der Waals surface area contributed by atoms with Crippen LogP contribution >= 0.6 is 31.9 Å². The van der Waals surface area contributed by atoms with Gasteiger partial charge in [0.05, 0.1) is 33.1 Å². The van der Waals surface area contributed by atoms with Crippen LogP contribution in [0.15, 0.2) is 342 Å². The maximum atomic E-state index is 8.84. The van der Waals surface area contributed by atoms with E-state index in [1.165, 1.54) is 54.7 Å². The number of para-hydroxylation sites is 6. The number of halogens is 2. The molecule has 0 saturated carbocycles. The highest BCUT2D eigenvalue weighted by molar-refractivity contribution is 9.10. The van der Waals surface area contributed by atoms with Gasteiger partial charge in [-0.3, -0.25) is 0 Å². The molecule has 15 aromatic carbocycles. The predicted molar refractivity (Wildman–Crippen MR) is 440 cm³/mol.